The summed E-state index contributed by atoms with van der Waals surface area (Å²) in [6.07, 6.45) is 2.47. The van der Waals surface area contributed by atoms with Crippen molar-refractivity contribution in [1.82, 2.24) is 14.9 Å². The molecule has 0 aliphatic heterocycles. The van der Waals surface area contributed by atoms with Crippen LogP contribution in [0.1, 0.15) is 0 Å². The van der Waals surface area contributed by atoms with Gasteiger partial charge in [-0.05, 0) is 0 Å². The molecule has 14 heavy (non-hydrogen) atoms. The maximum Gasteiger partial charge on any atom is 0.318 e. The Balaban J connectivity index is 2.94. The van der Waals surface area contributed by atoms with Crippen LogP contribution in [-0.2, 0) is 0 Å². The van der Waals surface area contributed by atoms with Crippen molar-refractivity contribution in [3.8, 4) is 6.01 Å². The van der Waals surface area contributed by atoms with Gasteiger partial charge in [-0.1, -0.05) is 0 Å². The normalized spacial score (nSPS) is 10.6. The van der Waals surface area contributed by atoms with Crippen LogP contribution >= 0.6 is 0 Å². The van der Waals surface area contributed by atoms with E-state index < -0.39 is 5.82 Å². The first-order valence-electron chi connectivity index (χ1n) is 3.90. The van der Waals surface area contributed by atoms with Gasteiger partial charge in [0.2, 0.25) is 0 Å². The van der Waals surface area contributed by atoms with Gasteiger partial charge in [-0.2, -0.15) is 4.98 Å². The monoisotopic (exact) mass is 198 g/mol. The zero-order valence-corrected chi connectivity index (χ0v) is 8.23. The summed E-state index contributed by atoms with van der Waals surface area (Å²) in [6.45, 7) is 0. The lowest BCUT2D eigenvalue weighted by Crippen LogP contribution is -2.07. The highest BCUT2D eigenvalue weighted by atomic mass is 19.1. The highest BCUT2D eigenvalue weighted by molar-refractivity contribution is 5.59. The Morgan fingerprint density at radius 1 is 1.57 bits per heavy atom. The lowest BCUT2D eigenvalue weighted by Gasteiger charge is -2.03. The molecule has 76 valence electrons. The first-order valence-corrected chi connectivity index (χ1v) is 3.90. The molecule has 0 unspecified atom stereocenters. The van der Waals surface area contributed by atoms with Crippen LogP contribution in [0.4, 0.5) is 10.2 Å². The van der Waals surface area contributed by atoms with E-state index in [9.17, 15) is 4.39 Å². The highest BCUT2D eigenvalue weighted by Gasteiger charge is 2.04. The van der Waals surface area contributed by atoms with Crippen LogP contribution in [-0.4, -0.2) is 42.4 Å². The lowest BCUT2D eigenvalue weighted by molar-refractivity contribution is 0.377. The summed E-state index contributed by atoms with van der Waals surface area (Å²) in [5.74, 6) is -0.616. The van der Waals surface area contributed by atoms with Gasteiger partial charge in [0.25, 0.3) is 0 Å². The number of rotatable bonds is 3. The molecule has 1 heterocycles. The summed E-state index contributed by atoms with van der Waals surface area (Å²) in [5.41, 5.74) is 0. The first-order chi connectivity index (χ1) is 6.63. The number of halogens is 1. The second kappa shape index (κ2) is 4.50. The van der Waals surface area contributed by atoms with Crippen molar-refractivity contribution in [2.24, 2.45) is 4.99 Å². The average Bonchev–Trinajstić information content (AvgIpc) is 2.16. The van der Waals surface area contributed by atoms with E-state index in [1.165, 1.54) is 13.4 Å². The van der Waals surface area contributed by atoms with Crippen molar-refractivity contribution in [3.63, 3.8) is 0 Å². The SMILES string of the molecule is COc1ncc(F)c(/N=C/N(C)C)n1. The van der Waals surface area contributed by atoms with Gasteiger partial charge < -0.3 is 9.64 Å². The second-order valence-electron chi connectivity index (χ2n) is 2.74. The van der Waals surface area contributed by atoms with Crippen LogP contribution in [0.3, 0.4) is 0 Å². The summed E-state index contributed by atoms with van der Waals surface area (Å²) < 4.78 is 17.8. The summed E-state index contributed by atoms with van der Waals surface area (Å²) >= 11 is 0. The predicted octanol–water partition coefficient (Wildman–Crippen LogP) is 0.846. The summed E-state index contributed by atoms with van der Waals surface area (Å²) in [6, 6.07) is 0.0947. The molecule has 5 nitrogen and oxygen atoms in total. The Morgan fingerprint density at radius 2 is 2.29 bits per heavy atom. The van der Waals surface area contributed by atoms with Crippen molar-refractivity contribution in [2.45, 2.75) is 0 Å². The maximum absolute atomic E-state index is 13.0. The fourth-order valence-electron chi connectivity index (χ4n) is 0.702. The fourth-order valence-corrected chi connectivity index (χ4v) is 0.702. The molecular weight excluding hydrogens is 187 g/mol. The maximum atomic E-state index is 13.0. The van der Waals surface area contributed by atoms with E-state index in [1.807, 2.05) is 0 Å². The molecule has 0 saturated heterocycles. The summed E-state index contributed by atoms with van der Waals surface area (Å²) in [4.78, 5) is 12.8. The molecule has 1 rings (SSSR count). The van der Waals surface area contributed by atoms with Crippen LogP contribution in [0.15, 0.2) is 11.2 Å². The minimum Gasteiger partial charge on any atom is -0.467 e. The van der Waals surface area contributed by atoms with Gasteiger partial charge in [0.05, 0.1) is 19.6 Å². The van der Waals surface area contributed by atoms with Gasteiger partial charge in [0.15, 0.2) is 11.6 Å². The standard InChI is InChI=1S/C8H11FN4O/c1-13(2)5-11-7-6(9)4-10-8(12-7)14-3/h4-5H,1-3H3/b11-5+. The Morgan fingerprint density at radius 3 is 2.86 bits per heavy atom. The molecule has 0 aromatic carbocycles. The number of aliphatic imine (C=N–C) groups is 1. The third kappa shape index (κ3) is 2.65. The van der Waals surface area contributed by atoms with E-state index >= 15 is 0 Å². The molecule has 0 aliphatic rings. The highest BCUT2D eigenvalue weighted by Crippen LogP contribution is 2.15. The fraction of sp³-hybridized carbons (Fsp3) is 0.375. The number of hydrogen-bond donors (Lipinski definition) is 0. The van der Waals surface area contributed by atoms with Crippen LogP contribution in [0.25, 0.3) is 0 Å². The summed E-state index contributed by atoms with van der Waals surface area (Å²) in [7, 11) is 4.96. The number of nitrogens with zero attached hydrogens (tertiary/aromatic N) is 4. The molecule has 0 fully saturated rings. The Labute approximate surface area is 81.3 Å². The van der Waals surface area contributed by atoms with Crippen LogP contribution < -0.4 is 4.74 Å². The Kier molecular flexibility index (Phi) is 3.33. The zero-order chi connectivity index (χ0) is 10.6. The van der Waals surface area contributed by atoms with Crippen molar-refractivity contribution in [3.05, 3.63) is 12.0 Å². The molecular formula is C8H11FN4O. The quantitative estimate of drug-likeness (QED) is 0.533. The third-order valence-corrected chi connectivity index (χ3v) is 1.30. The topological polar surface area (TPSA) is 50.6 Å². The molecule has 6 heteroatoms. The Bertz CT molecular complexity index is 340. The first kappa shape index (κ1) is 10.4. The van der Waals surface area contributed by atoms with Crippen molar-refractivity contribution >= 4 is 12.2 Å². The molecule has 1 aromatic rings. The molecule has 1 aromatic heterocycles. The van der Waals surface area contributed by atoms with Crippen molar-refractivity contribution in [2.75, 3.05) is 21.2 Å². The molecule has 0 radical (unpaired) electrons. The molecule has 0 atom stereocenters. The van der Waals surface area contributed by atoms with Gasteiger partial charge in [-0.25, -0.2) is 14.4 Å². The van der Waals surface area contributed by atoms with Crippen molar-refractivity contribution < 1.29 is 9.13 Å². The summed E-state index contributed by atoms with van der Waals surface area (Å²) in [5, 5.41) is 0. The van der Waals surface area contributed by atoms with E-state index in [0.717, 1.165) is 6.20 Å². The van der Waals surface area contributed by atoms with E-state index in [-0.39, 0.29) is 11.8 Å². The molecule has 0 spiro atoms. The molecule has 0 bridgehead atoms. The van der Waals surface area contributed by atoms with Crippen LogP contribution in [0, 0.1) is 5.82 Å². The zero-order valence-electron chi connectivity index (χ0n) is 8.23. The molecule has 0 aliphatic carbocycles. The smallest absolute Gasteiger partial charge is 0.318 e. The largest absolute Gasteiger partial charge is 0.467 e. The Hall–Kier alpha value is -1.72. The van der Waals surface area contributed by atoms with Crippen molar-refractivity contribution in [1.29, 1.82) is 0 Å². The number of aromatic nitrogens is 2. The van der Waals surface area contributed by atoms with E-state index in [0.29, 0.717) is 0 Å². The van der Waals surface area contributed by atoms with E-state index in [1.54, 1.807) is 19.0 Å². The van der Waals surface area contributed by atoms with Crippen LogP contribution in [0.2, 0.25) is 0 Å². The van der Waals surface area contributed by atoms with Gasteiger partial charge in [0, 0.05) is 14.1 Å². The lowest BCUT2D eigenvalue weighted by atomic mass is 10.5. The minimum atomic E-state index is -0.580. The van der Waals surface area contributed by atoms with Gasteiger partial charge in [0.1, 0.15) is 0 Å². The minimum absolute atomic E-state index is 0.0365. The molecule has 0 amide bonds. The molecule has 0 saturated carbocycles. The average molecular weight is 198 g/mol. The van der Waals surface area contributed by atoms with Gasteiger partial charge in [-0.15, -0.1) is 0 Å². The molecule has 0 N–H and O–H groups in total. The van der Waals surface area contributed by atoms with E-state index in [2.05, 4.69) is 15.0 Å². The number of ether oxygens (including phenoxy) is 1. The predicted molar refractivity (Wildman–Crippen MR) is 50.4 cm³/mol. The third-order valence-electron chi connectivity index (χ3n) is 1.30. The van der Waals surface area contributed by atoms with Crippen LogP contribution in [0.5, 0.6) is 6.01 Å². The van der Waals surface area contributed by atoms with E-state index in [4.69, 9.17) is 4.74 Å². The number of methoxy groups -OCH3 is 1. The number of hydrogen-bond acceptors (Lipinski definition) is 4. The second-order valence-corrected chi connectivity index (χ2v) is 2.74. The van der Waals surface area contributed by atoms with Gasteiger partial charge in [-0.3, -0.25) is 0 Å². The van der Waals surface area contributed by atoms with Gasteiger partial charge >= 0.3 is 6.01 Å².